The number of aliphatic hydroxyl groups excluding tert-OH is 1. The number of phenolic OH excluding ortho intramolecular Hbond substituents is 1. The first-order valence-corrected chi connectivity index (χ1v) is 6.71. The highest BCUT2D eigenvalue weighted by Crippen LogP contribution is 2.36. The van der Waals surface area contributed by atoms with Gasteiger partial charge in [-0.3, -0.25) is 0 Å². The third-order valence-corrected chi connectivity index (χ3v) is 2.88. The first-order valence-electron chi connectivity index (χ1n) is 6.71. The van der Waals surface area contributed by atoms with Gasteiger partial charge >= 0.3 is 0 Å². The van der Waals surface area contributed by atoms with Crippen LogP contribution in [0, 0.1) is 0 Å². The van der Waals surface area contributed by atoms with Gasteiger partial charge in [-0.2, -0.15) is 0 Å². The lowest BCUT2D eigenvalue weighted by Gasteiger charge is -2.23. The topological polar surface area (TPSA) is 58.9 Å². The molecule has 0 heterocycles. The minimum atomic E-state index is -0.0667. The van der Waals surface area contributed by atoms with Crippen LogP contribution in [-0.4, -0.2) is 36.6 Å². The van der Waals surface area contributed by atoms with Crippen LogP contribution in [0.15, 0.2) is 18.7 Å². The van der Waals surface area contributed by atoms with Crippen LogP contribution in [0.25, 0.3) is 6.08 Å². The predicted molar refractivity (Wildman–Crippen MR) is 80.3 cm³/mol. The summed E-state index contributed by atoms with van der Waals surface area (Å²) in [6.45, 7) is 11.0. The molecule has 0 unspecified atom stereocenters. The Hall–Kier alpha value is -1.52. The van der Waals surface area contributed by atoms with E-state index in [0.29, 0.717) is 19.0 Å². The molecule has 1 rings (SSSR count). The van der Waals surface area contributed by atoms with Crippen LogP contribution in [-0.2, 0) is 10.2 Å². The second kappa shape index (κ2) is 7.31. The molecule has 0 aliphatic heterocycles. The van der Waals surface area contributed by atoms with E-state index in [0.717, 1.165) is 11.1 Å². The van der Waals surface area contributed by atoms with Gasteiger partial charge in [0.15, 0.2) is 11.5 Å². The van der Waals surface area contributed by atoms with Crippen molar-refractivity contribution in [2.24, 2.45) is 0 Å². The summed E-state index contributed by atoms with van der Waals surface area (Å²) in [5, 5.41) is 18.6. The fourth-order valence-corrected chi connectivity index (χ4v) is 1.90. The maximum atomic E-state index is 9.96. The Morgan fingerprint density at radius 2 is 1.90 bits per heavy atom. The lowest BCUT2D eigenvalue weighted by atomic mass is 9.83. The maximum Gasteiger partial charge on any atom is 0.161 e. The maximum absolute atomic E-state index is 9.96. The van der Waals surface area contributed by atoms with E-state index in [4.69, 9.17) is 14.6 Å². The number of benzene rings is 1. The van der Waals surface area contributed by atoms with Crippen molar-refractivity contribution < 1.29 is 19.7 Å². The third-order valence-electron chi connectivity index (χ3n) is 2.88. The molecule has 4 nitrogen and oxygen atoms in total. The average Bonchev–Trinajstić information content (AvgIpc) is 2.38. The zero-order valence-electron chi connectivity index (χ0n) is 12.5. The van der Waals surface area contributed by atoms with E-state index >= 15 is 0 Å². The van der Waals surface area contributed by atoms with Crippen molar-refractivity contribution in [2.75, 3.05) is 26.4 Å². The van der Waals surface area contributed by atoms with E-state index in [1.54, 1.807) is 12.1 Å². The molecule has 0 fully saturated rings. The molecule has 0 aliphatic carbocycles. The predicted octanol–water partition coefficient (Wildman–Crippen LogP) is 2.72. The minimum Gasteiger partial charge on any atom is -0.504 e. The summed E-state index contributed by atoms with van der Waals surface area (Å²) in [7, 11) is 0. The molecule has 112 valence electrons. The molecular weight excluding hydrogens is 256 g/mol. The molecule has 0 amide bonds. The molecule has 4 heteroatoms. The monoisotopic (exact) mass is 280 g/mol. The molecule has 0 atom stereocenters. The van der Waals surface area contributed by atoms with Crippen molar-refractivity contribution in [1.82, 2.24) is 0 Å². The quantitative estimate of drug-likeness (QED) is 0.754. The largest absolute Gasteiger partial charge is 0.504 e. The summed E-state index contributed by atoms with van der Waals surface area (Å²) in [4.78, 5) is 0. The Balaban J connectivity index is 2.84. The Kier molecular flexibility index (Phi) is 6.05. The number of aliphatic hydroxyl groups is 1. The van der Waals surface area contributed by atoms with Gasteiger partial charge in [0.05, 0.1) is 19.8 Å². The number of ether oxygens (including phenoxy) is 2. The summed E-state index contributed by atoms with van der Waals surface area (Å²) < 4.78 is 10.6. The number of hydrogen-bond donors (Lipinski definition) is 2. The highest BCUT2D eigenvalue weighted by Gasteiger charge is 2.19. The molecule has 0 spiro atoms. The minimum absolute atomic E-state index is 0.00649. The molecular formula is C16H24O4. The lowest BCUT2D eigenvalue weighted by Crippen LogP contribution is -2.14. The van der Waals surface area contributed by atoms with E-state index < -0.39 is 0 Å². The molecule has 2 N–H and O–H groups in total. The molecule has 1 aromatic carbocycles. The van der Waals surface area contributed by atoms with Crippen LogP contribution < -0.4 is 4.74 Å². The van der Waals surface area contributed by atoms with Crippen LogP contribution >= 0.6 is 0 Å². The van der Waals surface area contributed by atoms with Crippen molar-refractivity contribution in [3.8, 4) is 11.5 Å². The van der Waals surface area contributed by atoms with Crippen LogP contribution in [0.5, 0.6) is 11.5 Å². The van der Waals surface area contributed by atoms with Crippen molar-refractivity contribution in [3.63, 3.8) is 0 Å². The summed E-state index contributed by atoms with van der Waals surface area (Å²) in [5.41, 5.74) is 1.90. The van der Waals surface area contributed by atoms with Gasteiger partial charge in [0, 0.05) is 0 Å². The van der Waals surface area contributed by atoms with E-state index in [1.807, 2.05) is 6.07 Å². The van der Waals surface area contributed by atoms with Gasteiger partial charge in [-0.05, 0) is 28.7 Å². The Morgan fingerprint density at radius 3 is 2.45 bits per heavy atom. The Bertz CT molecular complexity index is 447. The summed E-state index contributed by atoms with van der Waals surface area (Å²) >= 11 is 0. The zero-order valence-corrected chi connectivity index (χ0v) is 12.5. The molecule has 1 aromatic rings. The first kappa shape index (κ1) is 16.5. The number of rotatable bonds is 7. The molecule has 0 bridgehead atoms. The van der Waals surface area contributed by atoms with Gasteiger partial charge < -0.3 is 19.7 Å². The number of aromatic hydroxyl groups is 1. The van der Waals surface area contributed by atoms with E-state index in [1.165, 1.54) is 0 Å². The lowest BCUT2D eigenvalue weighted by molar-refractivity contribution is 0.0699. The Labute approximate surface area is 120 Å². The molecule has 20 heavy (non-hydrogen) atoms. The second-order valence-corrected chi connectivity index (χ2v) is 5.55. The van der Waals surface area contributed by atoms with Crippen LogP contribution in [0.4, 0.5) is 0 Å². The normalized spacial score (nSPS) is 11.4. The van der Waals surface area contributed by atoms with Crippen molar-refractivity contribution in [2.45, 2.75) is 26.2 Å². The summed E-state index contributed by atoms with van der Waals surface area (Å²) in [6.07, 6.45) is 1.73. The van der Waals surface area contributed by atoms with Crippen LogP contribution in [0.1, 0.15) is 31.9 Å². The van der Waals surface area contributed by atoms with Crippen molar-refractivity contribution in [1.29, 1.82) is 0 Å². The molecule has 0 saturated heterocycles. The van der Waals surface area contributed by atoms with Gasteiger partial charge in [0.1, 0.15) is 6.61 Å². The highest BCUT2D eigenvalue weighted by molar-refractivity contribution is 5.60. The molecule has 0 saturated carbocycles. The van der Waals surface area contributed by atoms with E-state index in [-0.39, 0.29) is 24.4 Å². The number of hydrogen-bond acceptors (Lipinski definition) is 4. The second-order valence-electron chi connectivity index (χ2n) is 5.55. The van der Waals surface area contributed by atoms with Gasteiger partial charge in [0.25, 0.3) is 0 Å². The van der Waals surface area contributed by atoms with Gasteiger partial charge in [-0.25, -0.2) is 0 Å². The van der Waals surface area contributed by atoms with Gasteiger partial charge in [0.2, 0.25) is 0 Å². The fraction of sp³-hybridized carbons (Fsp3) is 0.500. The SMILES string of the molecule is C=Cc1cc(O)c(OCCOCCO)cc1C(C)(C)C. The smallest absolute Gasteiger partial charge is 0.161 e. The van der Waals surface area contributed by atoms with Crippen LogP contribution in [0.3, 0.4) is 0 Å². The molecule has 0 radical (unpaired) electrons. The third kappa shape index (κ3) is 4.54. The van der Waals surface area contributed by atoms with Crippen molar-refractivity contribution in [3.05, 3.63) is 29.8 Å². The van der Waals surface area contributed by atoms with Gasteiger partial charge in [-0.15, -0.1) is 0 Å². The highest BCUT2D eigenvalue weighted by atomic mass is 16.5. The van der Waals surface area contributed by atoms with Crippen LogP contribution in [0.2, 0.25) is 0 Å². The van der Waals surface area contributed by atoms with E-state index in [9.17, 15) is 5.11 Å². The molecule has 0 aromatic heterocycles. The first-order chi connectivity index (χ1) is 9.40. The van der Waals surface area contributed by atoms with Crippen molar-refractivity contribution >= 4 is 6.08 Å². The van der Waals surface area contributed by atoms with Gasteiger partial charge in [-0.1, -0.05) is 33.4 Å². The zero-order chi connectivity index (χ0) is 15.2. The number of phenols is 1. The Morgan fingerprint density at radius 1 is 1.20 bits per heavy atom. The molecule has 0 aliphatic rings. The average molecular weight is 280 g/mol. The van der Waals surface area contributed by atoms with E-state index in [2.05, 4.69) is 27.4 Å². The summed E-state index contributed by atoms with van der Waals surface area (Å²) in [6, 6.07) is 3.51. The summed E-state index contributed by atoms with van der Waals surface area (Å²) in [5.74, 6) is 0.531. The fourth-order valence-electron chi connectivity index (χ4n) is 1.90. The standard InChI is InChI=1S/C16H24O4/c1-5-12-10-14(18)15(11-13(12)16(2,3)4)20-9-8-19-7-6-17/h5,10-11,17-18H,1,6-9H2,2-4H3.